The number of halogens is 1. The summed E-state index contributed by atoms with van der Waals surface area (Å²) in [5, 5.41) is 9.20. The average Bonchev–Trinajstić information content (AvgIpc) is 2.88. The lowest BCUT2D eigenvalue weighted by molar-refractivity contribution is -0.0586. The summed E-state index contributed by atoms with van der Waals surface area (Å²) >= 11 is 4.58. The van der Waals surface area contributed by atoms with Crippen molar-refractivity contribution in [1.29, 1.82) is 0 Å². The van der Waals surface area contributed by atoms with Crippen LogP contribution in [0, 0.1) is 0 Å². The summed E-state index contributed by atoms with van der Waals surface area (Å²) in [6.45, 7) is 0.712. The zero-order valence-electron chi connectivity index (χ0n) is 11.5. The van der Waals surface area contributed by atoms with Crippen molar-refractivity contribution in [3.8, 4) is 0 Å². The summed E-state index contributed by atoms with van der Waals surface area (Å²) in [7, 11) is -3.55. The van der Waals surface area contributed by atoms with Crippen molar-refractivity contribution >= 4 is 37.3 Å². The van der Waals surface area contributed by atoms with Crippen molar-refractivity contribution in [1.82, 2.24) is 4.31 Å². The zero-order valence-corrected chi connectivity index (χ0v) is 14.7. The summed E-state index contributed by atoms with van der Waals surface area (Å²) < 4.78 is 33.8. The molecule has 1 N–H and O–H groups in total. The van der Waals surface area contributed by atoms with E-state index in [1.807, 2.05) is 0 Å². The first-order chi connectivity index (χ1) is 10.0. The maximum Gasteiger partial charge on any atom is 0.245 e. The fraction of sp³-hybridized carbons (Fsp3) is 0.692. The van der Waals surface area contributed by atoms with Gasteiger partial charge in [0, 0.05) is 11.4 Å². The van der Waals surface area contributed by atoms with Crippen LogP contribution in [0.25, 0.3) is 0 Å². The maximum atomic E-state index is 13.0. The largest absolute Gasteiger partial charge is 0.391 e. The van der Waals surface area contributed by atoms with E-state index < -0.39 is 10.0 Å². The van der Waals surface area contributed by atoms with E-state index in [1.54, 1.807) is 10.4 Å². The van der Waals surface area contributed by atoms with Crippen LogP contribution in [0.4, 0.5) is 0 Å². The molecule has 2 atom stereocenters. The smallest absolute Gasteiger partial charge is 0.245 e. The van der Waals surface area contributed by atoms with E-state index in [9.17, 15) is 13.5 Å². The van der Waals surface area contributed by atoms with Crippen LogP contribution in [0.15, 0.2) is 14.7 Å². The van der Waals surface area contributed by atoms with Gasteiger partial charge in [0.25, 0.3) is 0 Å². The number of rotatable bonds is 3. The summed E-state index contributed by atoms with van der Waals surface area (Å²) in [5.41, 5.74) is 0. The molecule has 0 aromatic carbocycles. The first kappa shape index (κ1) is 15.9. The highest BCUT2D eigenvalue weighted by atomic mass is 79.9. The second kappa shape index (κ2) is 6.25. The lowest BCUT2D eigenvalue weighted by atomic mass is 9.91. The van der Waals surface area contributed by atoms with Crippen molar-refractivity contribution in [2.75, 3.05) is 13.2 Å². The average molecular weight is 396 g/mol. The number of aliphatic hydroxyl groups excluding tert-OH is 1. The number of hydrogen-bond donors (Lipinski definition) is 1. The van der Waals surface area contributed by atoms with Gasteiger partial charge in [0.2, 0.25) is 10.0 Å². The molecule has 1 saturated heterocycles. The SMILES string of the molecule is O=S(=O)(c1cc(CO)sc1Br)N1CCOC2CCCCC21. The highest BCUT2D eigenvalue weighted by molar-refractivity contribution is 9.11. The summed E-state index contributed by atoms with van der Waals surface area (Å²) in [6.07, 6.45) is 3.97. The molecule has 1 aromatic rings. The monoisotopic (exact) mass is 395 g/mol. The Morgan fingerprint density at radius 1 is 1.43 bits per heavy atom. The van der Waals surface area contributed by atoms with Crippen LogP contribution < -0.4 is 0 Å². The number of fused-ring (bicyclic) bond motifs is 1. The van der Waals surface area contributed by atoms with Crippen LogP contribution >= 0.6 is 27.3 Å². The van der Waals surface area contributed by atoms with Gasteiger partial charge in [-0.15, -0.1) is 11.3 Å². The van der Waals surface area contributed by atoms with E-state index in [4.69, 9.17) is 4.74 Å². The van der Waals surface area contributed by atoms with E-state index >= 15 is 0 Å². The van der Waals surface area contributed by atoms with Crippen LogP contribution in [0.2, 0.25) is 0 Å². The first-order valence-electron chi connectivity index (χ1n) is 7.06. The van der Waals surface area contributed by atoms with Gasteiger partial charge in [-0.1, -0.05) is 12.8 Å². The molecule has 1 saturated carbocycles. The van der Waals surface area contributed by atoms with Crippen molar-refractivity contribution in [2.24, 2.45) is 0 Å². The third-order valence-corrected chi connectivity index (χ3v) is 8.29. The molecule has 21 heavy (non-hydrogen) atoms. The number of hydrogen-bond acceptors (Lipinski definition) is 5. The Kier molecular flexibility index (Phi) is 4.73. The first-order valence-corrected chi connectivity index (χ1v) is 10.1. The highest BCUT2D eigenvalue weighted by Gasteiger charge is 2.41. The van der Waals surface area contributed by atoms with Crippen molar-refractivity contribution in [3.63, 3.8) is 0 Å². The molecular formula is C13H18BrNO4S2. The molecule has 2 heterocycles. The predicted molar refractivity (Wildman–Crippen MR) is 83.8 cm³/mol. The lowest BCUT2D eigenvalue weighted by Crippen LogP contribution is -2.54. The van der Waals surface area contributed by atoms with E-state index in [0.717, 1.165) is 25.7 Å². The molecule has 1 aliphatic carbocycles. The van der Waals surface area contributed by atoms with Gasteiger partial charge in [0.05, 0.1) is 29.1 Å². The molecule has 118 valence electrons. The third kappa shape index (κ3) is 2.94. The molecule has 1 aliphatic heterocycles. The summed E-state index contributed by atoms with van der Waals surface area (Å²) in [6, 6.07) is 1.51. The molecule has 5 nitrogen and oxygen atoms in total. The van der Waals surface area contributed by atoms with Crippen molar-refractivity contribution in [2.45, 2.75) is 49.3 Å². The zero-order chi connectivity index (χ0) is 15.0. The van der Waals surface area contributed by atoms with E-state index in [2.05, 4.69) is 15.9 Å². The normalized spacial score (nSPS) is 27.5. The quantitative estimate of drug-likeness (QED) is 0.852. The molecule has 3 rings (SSSR count). The Bertz CT molecular complexity index is 614. The fourth-order valence-electron chi connectivity index (χ4n) is 3.14. The van der Waals surface area contributed by atoms with Gasteiger partial charge < -0.3 is 9.84 Å². The number of nitrogens with zero attached hydrogens (tertiary/aromatic N) is 1. The van der Waals surface area contributed by atoms with Gasteiger partial charge in [-0.25, -0.2) is 8.42 Å². The Morgan fingerprint density at radius 3 is 2.90 bits per heavy atom. The Morgan fingerprint density at radius 2 is 2.19 bits per heavy atom. The van der Waals surface area contributed by atoms with Gasteiger partial charge >= 0.3 is 0 Å². The number of morpholine rings is 1. The number of sulfonamides is 1. The number of ether oxygens (including phenoxy) is 1. The molecule has 2 aliphatic rings. The molecular weight excluding hydrogens is 378 g/mol. The van der Waals surface area contributed by atoms with Crippen molar-refractivity contribution in [3.05, 3.63) is 14.7 Å². The molecule has 2 unspecified atom stereocenters. The predicted octanol–water partition coefficient (Wildman–Crippen LogP) is 2.34. The highest BCUT2D eigenvalue weighted by Crippen LogP contribution is 2.37. The van der Waals surface area contributed by atoms with Crippen LogP contribution in [0.3, 0.4) is 0 Å². The standard InChI is InChI=1S/C13H18BrNO4S2/c14-13-12(7-9(8-16)20-13)21(17,18)15-5-6-19-11-4-2-1-3-10(11)15/h7,10-11,16H,1-6,8H2. The minimum absolute atomic E-state index is 0.0250. The molecule has 2 fully saturated rings. The molecule has 0 spiro atoms. The Hall–Kier alpha value is 0.01000. The van der Waals surface area contributed by atoms with E-state index in [-0.39, 0.29) is 23.6 Å². The van der Waals surface area contributed by atoms with Gasteiger partial charge in [-0.2, -0.15) is 4.31 Å². The van der Waals surface area contributed by atoms with Crippen LogP contribution in [0.1, 0.15) is 30.6 Å². The number of aliphatic hydroxyl groups is 1. The second-order valence-electron chi connectivity index (χ2n) is 5.39. The van der Waals surface area contributed by atoms with Gasteiger partial charge in [-0.3, -0.25) is 0 Å². The topological polar surface area (TPSA) is 66.8 Å². The van der Waals surface area contributed by atoms with Crippen LogP contribution in [0.5, 0.6) is 0 Å². The van der Waals surface area contributed by atoms with Crippen molar-refractivity contribution < 1.29 is 18.3 Å². The third-order valence-electron chi connectivity index (χ3n) is 4.13. The minimum atomic E-state index is -3.55. The fourth-order valence-corrected chi connectivity index (χ4v) is 7.29. The maximum absolute atomic E-state index is 13.0. The summed E-state index contributed by atoms with van der Waals surface area (Å²) in [5.74, 6) is 0. The summed E-state index contributed by atoms with van der Waals surface area (Å²) in [4.78, 5) is 0.914. The van der Waals surface area contributed by atoms with Gasteiger partial charge in [0.15, 0.2) is 0 Å². The van der Waals surface area contributed by atoms with Gasteiger partial charge in [-0.05, 0) is 34.8 Å². The molecule has 0 bridgehead atoms. The second-order valence-corrected chi connectivity index (χ2v) is 9.70. The molecule has 0 radical (unpaired) electrons. The van der Waals surface area contributed by atoms with E-state index in [0.29, 0.717) is 21.8 Å². The van der Waals surface area contributed by atoms with Crippen LogP contribution in [-0.2, 0) is 21.4 Å². The molecule has 8 heteroatoms. The van der Waals surface area contributed by atoms with Crippen LogP contribution in [-0.4, -0.2) is 43.1 Å². The molecule has 0 amide bonds. The van der Waals surface area contributed by atoms with Gasteiger partial charge in [0.1, 0.15) is 4.90 Å². The Labute approximate surface area is 137 Å². The Balaban J connectivity index is 1.94. The lowest BCUT2D eigenvalue weighted by Gasteiger charge is -2.42. The number of thiophene rings is 1. The molecule has 1 aromatic heterocycles. The minimum Gasteiger partial charge on any atom is -0.391 e. The van der Waals surface area contributed by atoms with E-state index in [1.165, 1.54) is 11.3 Å².